The zero-order chi connectivity index (χ0) is 37.8. The fourth-order valence-electron chi connectivity index (χ4n) is 7.31. The van der Waals surface area contributed by atoms with Crippen molar-refractivity contribution in [3.8, 4) is 0 Å². The molecular weight excluding hydrogens is 662 g/mol. The van der Waals surface area contributed by atoms with Crippen LogP contribution in [0.4, 0.5) is 0 Å². The van der Waals surface area contributed by atoms with Crippen molar-refractivity contribution >= 4 is 29.6 Å². The second kappa shape index (κ2) is 19.0. The lowest BCUT2D eigenvalue weighted by Crippen LogP contribution is -2.60. The van der Waals surface area contributed by atoms with Crippen molar-refractivity contribution in [2.75, 3.05) is 32.7 Å². The Labute approximate surface area is 307 Å². The zero-order valence-corrected chi connectivity index (χ0v) is 30.8. The fourth-order valence-corrected chi connectivity index (χ4v) is 7.31. The smallest absolute Gasteiger partial charge is 0.323 e. The molecule has 2 aliphatic rings. The van der Waals surface area contributed by atoms with Gasteiger partial charge in [0.15, 0.2) is 0 Å². The molecule has 2 aromatic carbocycles. The quantitative estimate of drug-likeness (QED) is 0.124. The van der Waals surface area contributed by atoms with Gasteiger partial charge < -0.3 is 42.3 Å². The molecular formula is C39H57N7O6. The number of benzene rings is 2. The molecule has 0 aliphatic carbocycles. The summed E-state index contributed by atoms with van der Waals surface area (Å²) in [5.74, 6) is -1.99. The summed E-state index contributed by atoms with van der Waals surface area (Å²) in [5.41, 5.74) is 12.4. The van der Waals surface area contributed by atoms with Gasteiger partial charge in [0.05, 0.1) is 6.54 Å². The van der Waals surface area contributed by atoms with Crippen LogP contribution in [0, 0.1) is 5.92 Å². The Bertz CT molecular complexity index is 1500. The zero-order valence-electron chi connectivity index (χ0n) is 30.8. The second-order valence-electron chi connectivity index (χ2n) is 14.7. The Balaban J connectivity index is 1.43. The lowest BCUT2D eigenvalue weighted by molar-refractivity contribution is -0.151. The Kier molecular flexibility index (Phi) is 14.7. The summed E-state index contributed by atoms with van der Waals surface area (Å²) in [6.07, 6.45) is 2.42. The van der Waals surface area contributed by atoms with Crippen LogP contribution in [0.15, 0.2) is 60.7 Å². The largest absolute Gasteiger partial charge is 0.480 e. The van der Waals surface area contributed by atoms with Crippen LogP contribution in [0.2, 0.25) is 0 Å². The summed E-state index contributed by atoms with van der Waals surface area (Å²) in [6, 6.07) is 16.5. The molecule has 13 nitrogen and oxygen atoms in total. The Hall–Kier alpha value is -4.33. The number of hydrogen-bond acceptors (Lipinski definition) is 8. The number of unbranched alkanes of at least 4 members (excludes halogenated alkanes) is 1. The fraction of sp³-hybridized carbons (Fsp3) is 0.564. The molecule has 52 heavy (non-hydrogen) atoms. The van der Waals surface area contributed by atoms with E-state index in [0.717, 1.165) is 5.56 Å². The minimum atomic E-state index is -1.39. The van der Waals surface area contributed by atoms with Crippen molar-refractivity contribution in [1.29, 1.82) is 0 Å². The Morgan fingerprint density at radius 3 is 2.21 bits per heavy atom. The van der Waals surface area contributed by atoms with E-state index in [0.29, 0.717) is 44.7 Å². The number of carbonyl (C=O) groups is 5. The van der Waals surface area contributed by atoms with Gasteiger partial charge in [0.1, 0.15) is 23.7 Å². The van der Waals surface area contributed by atoms with Crippen LogP contribution >= 0.6 is 0 Å². The third kappa shape index (κ3) is 10.6. The predicted molar refractivity (Wildman–Crippen MR) is 199 cm³/mol. The van der Waals surface area contributed by atoms with E-state index >= 15 is 0 Å². The van der Waals surface area contributed by atoms with Gasteiger partial charge in [0.25, 0.3) is 0 Å². The monoisotopic (exact) mass is 719 g/mol. The summed E-state index contributed by atoms with van der Waals surface area (Å²) in [6.45, 7) is 7.53. The van der Waals surface area contributed by atoms with Crippen molar-refractivity contribution in [2.45, 2.75) is 101 Å². The van der Waals surface area contributed by atoms with Crippen molar-refractivity contribution < 1.29 is 29.1 Å². The molecule has 8 N–H and O–H groups in total. The van der Waals surface area contributed by atoms with Crippen molar-refractivity contribution in [1.82, 2.24) is 25.8 Å². The van der Waals surface area contributed by atoms with Crippen LogP contribution in [-0.4, -0.2) is 107 Å². The summed E-state index contributed by atoms with van der Waals surface area (Å²) in [7, 11) is 0. The highest BCUT2D eigenvalue weighted by Crippen LogP contribution is 2.28. The van der Waals surface area contributed by atoms with Gasteiger partial charge in [-0.15, -0.1) is 0 Å². The van der Waals surface area contributed by atoms with E-state index in [9.17, 15) is 29.1 Å². The SMILES string of the molecule is CC(C)[C@@H](CNCC(=O)NC(Cc1ccccc1)C(=O)N[C@@H]1CC(C)N([C@H](CCCCN)C(=O)N2CCC(N)(C(=O)O)CC2)C1=O)c1ccccc1. The van der Waals surface area contributed by atoms with Crippen LogP contribution in [-0.2, 0) is 30.4 Å². The molecule has 2 saturated heterocycles. The molecule has 5 atom stereocenters. The number of piperidine rings is 1. The molecule has 2 aromatic rings. The standard InChI is InChI=1S/C39H57N7O6/c1-26(2)30(29-14-8-5-9-15-29)24-42-25-34(47)43-31(23-28-12-6-4-7-13-28)35(48)44-32-22-27(3)46(36(32)49)33(16-10-11-19-40)37(50)45-20-17-39(41,18-21-45)38(51)52/h4-9,12-15,26-27,30-33,42H,10-11,16-25,40-41H2,1-3H3,(H,43,47)(H,44,48)(H,51,52)/t27?,30-,31?,32-,33-/m1/s1. The maximum absolute atomic E-state index is 14.0. The van der Waals surface area contributed by atoms with Crippen LogP contribution in [0.5, 0.6) is 0 Å². The first kappa shape index (κ1) is 40.4. The normalized spacial score (nSPS) is 20.3. The van der Waals surface area contributed by atoms with Gasteiger partial charge in [-0.1, -0.05) is 74.5 Å². The van der Waals surface area contributed by atoms with E-state index in [1.807, 2.05) is 55.5 Å². The number of likely N-dealkylation sites (tertiary alicyclic amines) is 2. The van der Waals surface area contributed by atoms with Crippen LogP contribution in [0.3, 0.4) is 0 Å². The maximum Gasteiger partial charge on any atom is 0.323 e. The number of carboxylic acid groups (broad SMARTS) is 1. The van der Waals surface area contributed by atoms with E-state index in [2.05, 4.69) is 41.9 Å². The van der Waals surface area contributed by atoms with Gasteiger partial charge in [-0.3, -0.25) is 24.0 Å². The minimum absolute atomic E-state index is 0.0165. The van der Waals surface area contributed by atoms with Crippen molar-refractivity contribution in [3.05, 3.63) is 71.8 Å². The molecule has 2 aliphatic heterocycles. The topological polar surface area (TPSA) is 200 Å². The molecule has 0 aromatic heterocycles. The molecule has 0 bridgehead atoms. The molecule has 2 unspecified atom stereocenters. The Morgan fingerprint density at radius 2 is 1.62 bits per heavy atom. The van der Waals surface area contributed by atoms with Crippen LogP contribution in [0.25, 0.3) is 0 Å². The first-order valence-corrected chi connectivity index (χ1v) is 18.6. The highest BCUT2D eigenvalue weighted by Gasteiger charge is 2.46. The number of carbonyl (C=O) groups excluding carboxylic acids is 4. The molecule has 2 heterocycles. The van der Waals surface area contributed by atoms with Gasteiger partial charge in [-0.05, 0) is 75.0 Å². The molecule has 0 spiro atoms. The number of amides is 4. The number of nitrogens with zero attached hydrogens (tertiary/aromatic N) is 2. The molecule has 13 heteroatoms. The predicted octanol–water partition coefficient (Wildman–Crippen LogP) is 1.75. The molecule has 4 rings (SSSR count). The average Bonchev–Trinajstić information content (AvgIpc) is 3.40. The minimum Gasteiger partial charge on any atom is -0.480 e. The summed E-state index contributed by atoms with van der Waals surface area (Å²) >= 11 is 0. The highest BCUT2D eigenvalue weighted by atomic mass is 16.4. The van der Waals surface area contributed by atoms with E-state index in [-0.39, 0.29) is 68.6 Å². The van der Waals surface area contributed by atoms with E-state index in [1.54, 1.807) is 9.80 Å². The van der Waals surface area contributed by atoms with Gasteiger partial charge in [-0.25, -0.2) is 0 Å². The van der Waals surface area contributed by atoms with Crippen LogP contribution < -0.4 is 27.4 Å². The molecule has 2 fully saturated rings. The lowest BCUT2D eigenvalue weighted by atomic mass is 9.88. The first-order valence-electron chi connectivity index (χ1n) is 18.6. The number of rotatable bonds is 18. The third-order valence-electron chi connectivity index (χ3n) is 10.5. The first-order chi connectivity index (χ1) is 24.8. The number of nitrogens with one attached hydrogen (secondary N) is 3. The van der Waals surface area contributed by atoms with E-state index in [1.165, 1.54) is 5.56 Å². The second-order valence-corrected chi connectivity index (χ2v) is 14.7. The average molecular weight is 720 g/mol. The van der Waals surface area contributed by atoms with E-state index < -0.39 is 35.5 Å². The Morgan fingerprint density at radius 1 is 0.981 bits per heavy atom. The highest BCUT2D eigenvalue weighted by molar-refractivity contribution is 5.96. The number of aliphatic carboxylic acids is 1. The molecule has 284 valence electrons. The molecule has 0 saturated carbocycles. The summed E-state index contributed by atoms with van der Waals surface area (Å²) < 4.78 is 0. The lowest BCUT2D eigenvalue weighted by Gasteiger charge is -2.40. The summed E-state index contributed by atoms with van der Waals surface area (Å²) in [4.78, 5) is 69.9. The van der Waals surface area contributed by atoms with Gasteiger partial charge >= 0.3 is 5.97 Å². The van der Waals surface area contributed by atoms with Gasteiger partial charge in [0.2, 0.25) is 23.6 Å². The van der Waals surface area contributed by atoms with Gasteiger partial charge in [-0.2, -0.15) is 0 Å². The van der Waals surface area contributed by atoms with E-state index in [4.69, 9.17) is 11.5 Å². The number of carboxylic acids is 1. The van der Waals surface area contributed by atoms with Crippen molar-refractivity contribution in [2.24, 2.45) is 17.4 Å². The maximum atomic E-state index is 14.0. The molecule has 4 amide bonds. The third-order valence-corrected chi connectivity index (χ3v) is 10.5. The van der Waals surface area contributed by atoms with Crippen molar-refractivity contribution in [3.63, 3.8) is 0 Å². The number of hydrogen-bond donors (Lipinski definition) is 6. The molecule has 0 radical (unpaired) electrons. The summed E-state index contributed by atoms with van der Waals surface area (Å²) in [5, 5.41) is 18.6. The van der Waals surface area contributed by atoms with Crippen LogP contribution in [0.1, 0.15) is 76.3 Å². The van der Waals surface area contributed by atoms with Gasteiger partial charge in [0, 0.05) is 32.1 Å². The number of nitrogens with two attached hydrogens (primary N) is 2.